The Morgan fingerprint density at radius 3 is 2.21 bits per heavy atom. The molecule has 1 heterocycles. The Morgan fingerprint density at radius 2 is 1.61 bits per heavy atom. The van der Waals surface area contributed by atoms with Crippen molar-refractivity contribution >= 4 is 11.8 Å². The van der Waals surface area contributed by atoms with E-state index in [2.05, 4.69) is 5.10 Å². The molecule has 33 heavy (non-hydrogen) atoms. The van der Waals surface area contributed by atoms with Crippen molar-refractivity contribution in [2.24, 2.45) is 5.73 Å². The number of methoxy groups -OCH3 is 1. The summed E-state index contributed by atoms with van der Waals surface area (Å²) in [5.74, 6) is 0.189. The Bertz CT molecular complexity index is 1340. The predicted molar refractivity (Wildman–Crippen MR) is 126 cm³/mol. The van der Waals surface area contributed by atoms with E-state index in [4.69, 9.17) is 15.9 Å². The maximum Gasteiger partial charge on any atom is 0.355 e. The van der Waals surface area contributed by atoms with Gasteiger partial charge in [0.25, 0.3) is 0 Å². The van der Waals surface area contributed by atoms with Crippen LogP contribution in [0.15, 0.2) is 83.7 Å². The van der Waals surface area contributed by atoms with Crippen molar-refractivity contribution in [1.82, 2.24) is 14.3 Å². The summed E-state index contributed by atoms with van der Waals surface area (Å²) in [7, 11) is 1.37. The summed E-state index contributed by atoms with van der Waals surface area (Å²) in [5.41, 5.74) is 8.76. The average molecular weight is 441 g/mol. The molecule has 4 rings (SSSR count). The zero-order chi connectivity index (χ0) is 23.4. The molecule has 0 aliphatic carbocycles. The van der Waals surface area contributed by atoms with E-state index in [1.54, 1.807) is 28.8 Å². The van der Waals surface area contributed by atoms with Crippen molar-refractivity contribution in [3.63, 3.8) is 0 Å². The number of carbonyl (C=O) groups is 1. The monoisotopic (exact) mass is 441 g/mol. The minimum Gasteiger partial charge on any atom is -0.469 e. The number of esters is 1. The molecule has 0 amide bonds. The quantitative estimate of drug-likeness (QED) is 0.260. The second-order valence-corrected chi connectivity index (χ2v) is 7.42. The van der Waals surface area contributed by atoms with Crippen LogP contribution in [0.5, 0.6) is 0 Å². The molecule has 166 valence electrons. The molecule has 0 atom stereocenters. The highest BCUT2D eigenvalue weighted by Crippen LogP contribution is 2.21. The number of carbonyl (C=O) groups excluding carboxylic acids is 1. The maximum atomic E-state index is 13.5. The fourth-order valence-electron chi connectivity index (χ4n) is 3.48. The Hall–Kier alpha value is -4.46. The summed E-state index contributed by atoms with van der Waals surface area (Å²) < 4.78 is 7.58. The van der Waals surface area contributed by atoms with Gasteiger partial charge in [-0.3, -0.25) is 10.2 Å². The van der Waals surface area contributed by atoms with Gasteiger partial charge in [0.05, 0.1) is 18.5 Å². The Morgan fingerprint density at radius 1 is 0.970 bits per heavy atom. The number of ether oxygens (including phenoxy) is 1. The van der Waals surface area contributed by atoms with E-state index in [1.165, 1.54) is 11.8 Å². The van der Waals surface area contributed by atoms with Crippen LogP contribution in [0.2, 0.25) is 0 Å². The zero-order valence-corrected chi connectivity index (χ0v) is 18.1. The predicted octanol–water partition coefficient (Wildman–Crippen LogP) is 3.08. The lowest BCUT2D eigenvalue weighted by Gasteiger charge is -2.07. The van der Waals surface area contributed by atoms with E-state index in [1.807, 2.05) is 54.6 Å². The number of nitrogen functional groups attached to an aromatic ring is 1. The number of amidine groups is 1. The fraction of sp³-hybridized carbons (Fsp3) is 0.120. The van der Waals surface area contributed by atoms with Gasteiger partial charge in [-0.25, -0.2) is 9.36 Å². The van der Waals surface area contributed by atoms with Crippen molar-refractivity contribution in [3.8, 4) is 22.8 Å². The number of nitrogens with one attached hydrogen (secondary N) is 1. The first-order chi connectivity index (χ1) is 16.0. The van der Waals surface area contributed by atoms with E-state index in [0.717, 1.165) is 11.1 Å². The van der Waals surface area contributed by atoms with E-state index in [0.29, 0.717) is 35.6 Å². The van der Waals surface area contributed by atoms with Crippen molar-refractivity contribution in [3.05, 3.63) is 100 Å². The van der Waals surface area contributed by atoms with Gasteiger partial charge in [-0.15, -0.1) is 5.10 Å². The van der Waals surface area contributed by atoms with Gasteiger partial charge >= 0.3 is 11.7 Å². The van der Waals surface area contributed by atoms with Crippen molar-refractivity contribution in [2.45, 2.75) is 12.8 Å². The first-order valence-electron chi connectivity index (χ1n) is 10.4. The van der Waals surface area contributed by atoms with Crippen LogP contribution in [-0.2, 0) is 16.0 Å². The Kier molecular flexibility index (Phi) is 6.17. The van der Waals surface area contributed by atoms with Gasteiger partial charge in [-0.2, -0.15) is 4.68 Å². The third-order valence-electron chi connectivity index (χ3n) is 5.27. The van der Waals surface area contributed by atoms with Crippen LogP contribution in [0, 0.1) is 5.41 Å². The van der Waals surface area contributed by atoms with E-state index in [-0.39, 0.29) is 17.5 Å². The Balaban J connectivity index is 1.77. The van der Waals surface area contributed by atoms with Gasteiger partial charge in [0.2, 0.25) is 0 Å². The van der Waals surface area contributed by atoms with Crippen LogP contribution in [0.1, 0.15) is 17.5 Å². The SMILES string of the molecule is COC(=O)CCc1ccc(-n2c(-c3ccccc3)nn(-c3ccc(C(=N)N)cc3)c2=O)cc1. The number of rotatable bonds is 7. The maximum absolute atomic E-state index is 13.5. The molecule has 0 bridgehead atoms. The number of hydrogen-bond donors (Lipinski definition) is 2. The first kappa shape index (κ1) is 21.8. The van der Waals surface area contributed by atoms with Crippen molar-refractivity contribution in [2.75, 3.05) is 7.11 Å². The summed E-state index contributed by atoms with van der Waals surface area (Å²) in [6.45, 7) is 0. The molecule has 3 aromatic carbocycles. The highest BCUT2D eigenvalue weighted by Gasteiger charge is 2.18. The minimum absolute atomic E-state index is 0.0447. The standard InChI is InChI=1S/C25H23N5O3/c1-33-22(31)16-9-17-7-12-20(13-8-17)29-24(19-5-3-2-4-6-19)28-30(25(29)32)21-14-10-18(11-15-21)23(26)27/h2-8,10-15H,9,16H2,1H3,(H3,26,27). The second-order valence-electron chi connectivity index (χ2n) is 7.42. The molecule has 0 saturated carbocycles. The average Bonchev–Trinajstić information content (AvgIpc) is 3.20. The number of hydrogen-bond acceptors (Lipinski definition) is 5. The summed E-state index contributed by atoms with van der Waals surface area (Å²) >= 11 is 0. The molecular weight excluding hydrogens is 418 g/mol. The molecular formula is C25H23N5O3. The minimum atomic E-state index is -0.327. The van der Waals surface area contributed by atoms with Crippen LogP contribution in [-0.4, -0.2) is 33.3 Å². The highest BCUT2D eigenvalue weighted by atomic mass is 16.5. The molecule has 8 nitrogen and oxygen atoms in total. The summed E-state index contributed by atoms with van der Waals surface area (Å²) in [6, 6.07) is 23.7. The molecule has 0 spiro atoms. The molecule has 0 aliphatic heterocycles. The zero-order valence-electron chi connectivity index (χ0n) is 18.1. The number of nitrogens with two attached hydrogens (primary N) is 1. The van der Waals surface area contributed by atoms with Gasteiger partial charge in [-0.1, -0.05) is 42.5 Å². The topological polar surface area (TPSA) is 116 Å². The summed E-state index contributed by atoms with van der Waals surface area (Å²) in [6.07, 6.45) is 0.842. The molecule has 3 N–H and O–H groups in total. The normalized spacial score (nSPS) is 10.7. The van der Waals surface area contributed by atoms with Gasteiger partial charge in [0.1, 0.15) is 5.84 Å². The molecule has 4 aromatic rings. The van der Waals surface area contributed by atoms with E-state index >= 15 is 0 Å². The van der Waals surface area contributed by atoms with Crippen molar-refractivity contribution in [1.29, 1.82) is 5.41 Å². The fourth-order valence-corrected chi connectivity index (χ4v) is 3.48. The second kappa shape index (κ2) is 9.35. The lowest BCUT2D eigenvalue weighted by atomic mass is 10.1. The Labute approximate surface area is 190 Å². The van der Waals surface area contributed by atoms with Gasteiger partial charge < -0.3 is 10.5 Å². The lowest BCUT2D eigenvalue weighted by Crippen LogP contribution is -2.23. The van der Waals surface area contributed by atoms with E-state index in [9.17, 15) is 9.59 Å². The van der Waals surface area contributed by atoms with E-state index < -0.39 is 0 Å². The first-order valence-corrected chi connectivity index (χ1v) is 10.4. The lowest BCUT2D eigenvalue weighted by molar-refractivity contribution is -0.140. The van der Waals surface area contributed by atoms with Gasteiger partial charge in [0.15, 0.2) is 5.82 Å². The molecule has 0 unspecified atom stereocenters. The van der Waals surface area contributed by atoms with Crippen LogP contribution in [0.25, 0.3) is 22.8 Å². The number of nitrogens with zero attached hydrogens (tertiary/aromatic N) is 3. The third kappa shape index (κ3) is 4.59. The van der Waals surface area contributed by atoms with Crippen LogP contribution in [0.4, 0.5) is 0 Å². The van der Waals surface area contributed by atoms with Crippen LogP contribution < -0.4 is 11.4 Å². The summed E-state index contributed by atoms with van der Waals surface area (Å²) in [5, 5.41) is 12.2. The molecule has 1 aromatic heterocycles. The third-order valence-corrected chi connectivity index (χ3v) is 5.27. The van der Waals surface area contributed by atoms with Crippen LogP contribution in [0.3, 0.4) is 0 Å². The molecule has 8 heteroatoms. The number of benzene rings is 3. The molecule has 0 aliphatic rings. The molecule has 0 fully saturated rings. The molecule has 0 radical (unpaired) electrons. The smallest absolute Gasteiger partial charge is 0.355 e. The molecule has 0 saturated heterocycles. The van der Waals surface area contributed by atoms with Crippen molar-refractivity contribution < 1.29 is 9.53 Å². The summed E-state index contributed by atoms with van der Waals surface area (Å²) in [4.78, 5) is 24.9. The van der Waals surface area contributed by atoms with Gasteiger partial charge in [0, 0.05) is 17.5 Å². The highest BCUT2D eigenvalue weighted by molar-refractivity contribution is 5.95. The number of aryl methyl sites for hydroxylation is 1. The number of aromatic nitrogens is 3. The largest absolute Gasteiger partial charge is 0.469 e. The van der Waals surface area contributed by atoms with Crippen LogP contribution >= 0.6 is 0 Å². The van der Waals surface area contributed by atoms with Gasteiger partial charge in [-0.05, 0) is 48.4 Å².